The van der Waals surface area contributed by atoms with E-state index in [-0.39, 0.29) is 17.7 Å². The standard InChI is InChI=1S/C22H23N5O2/c1-16(2)22(29)24-19-10-8-18(9-11-19)23-21(28)13-12-20-15-27(26-25-20)14-17-6-4-3-5-7-17/h3-13,15-16H,14H2,1-2H3,(H,23,28)(H,24,29)/b13-12+. The smallest absolute Gasteiger partial charge is 0.248 e. The fraction of sp³-hybridized carbons (Fsp3) is 0.182. The van der Waals surface area contributed by atoms with Crippen LogP contribution in [-0.4, -0.2) is 26.8 Å². The Kier molecular flexibility index (Phi) is 6.52. The summed E-state index contributed by atoms with van der Waals surface area (Å²) in [4.78, 5) is 23.8. The quantitative estimate of drug-likeness (QED) is 0.605. The highest BCUT2D eigenvalue weighted by molar-refractivity contribution is 6.02. The van der Waals surface area contributed by atoms with Gasteiger partial charge < -0.3 is 10.6 Å². The van der Waals surface area contributed by atoms with Gasteiger partial charge in [-0.2, -0.15) is 0 Å². The fourth-order valence-electron chi connectivity index (χ4n) is 2.51. The lowest BCUT2D eigenvalue weighted by molar-refractivity contribution is -0.119. The molecule has 29 heavy (non-hydrogen) atoms. The molecule has 0 spiro atoms. The third kappa shape index (κ3) is 6.14. The van der Waals surface area contributed by atoms with Crippen molar-refractivity contribution in [2.24, 2.45) is 5.92 Å². The van der Waals surface area contributed by atoms with Gasteiger partial charge in [-0.3, -0.25) is 9.59 Å². The molecular formula is C22H23N5O2. The van der Waals surface area contributed by atoms with Crippen molar-refractivity contribution in [1.82, 2.24) is 15.0 Å². The number of nitrogens with one attached hydrogen (secondary N) is 2. The first kappa shape index (κ1) is 20.0. The van der Waals surface area contributed by atoms with Crippen molar-refractivity contribution in [2.75, 3.05) is 10.6 Å². The number of carbonyl (C=O) groups is 2. The molecule has 0 radical (unpaired) electrons. The zero-order valence-electron chi connectivity index (χ0n) is 16.4. The molecule has 0 bridgehead atoms. The maximum Gasteiger partial charge on any atom is 0.248 e. The molecule has 7 nitrogen and oxygen atoms in total. The zero-order chi connectivity index (χ0) is 20.6. The molecule has 0 aliphatic heterocycles. The molecule has 0 fully saturated rings. The van der Waals surface area contributed by atoms with Gasteiger partial charge in [0.15, 0.2) is 0 Å². The minimum Gasteiger partial charge on any atom is -0.326 e. The van der Waals surface area contributed by atoms with E-state index in [1.807, 2.05) is 44.2 Å². The SMILES string of the molecule is CC(C)C(=O)Nc1ccc(NC(=O)/C=C/c2cn(Cc3ccccc3)nn2)cc1. The summed E-state index contributed by atoms with van der Waals surface area (Å²) in [6.07, 6.45) is 4.80. The highest BCUT2D eigenvalue weighted by Crippen LogP contribution is 2.14. The molecule has 3 rings (SSSR count). The fourth-order valence-corrected chi connectivity index (χ4v) is 2.51. The first-order valence-electron chi connectivity index (χ1n) is 9.33. The van der Waals surface area contributed by atoms with Gasteiger partial charge in [0.1, 0.15) is 5.69 Å². The third-order valence-electron chi connectivity index (χ3n) is 4.09. The number of nitrogens with zero attached hydrogens (tertiary/aromatic N) is 3. The van der Waals surface area contributed by atoms with Crippen LogP contribution in [0, 0.1) is 5.92 Å². The van der Waals surface area contributed by atoms with Gasteiger partial charge in [-0.15, -0.1) is 5.10 Å². The lowest BCUT2D eigenvalue weighted by Crippen LogP contribution is -2.17. The average molecular weight is 389 g/mol. The van der Waals surface area contributed by atoms with Crippen molar-refractivity contribution < 1.29 is 9.59 Å². The molecular weight excluding hydrogens is 366 g/mol. The number of amides is 2. The van der Waals surface area contributed by atoms with E-state index < -0.39 is 0 Å². The summed E-state index contributed by atoms with van der Waals surface area (Å²) >= 11 is 0. The van der Waals surface area contributed by atoms with Crippen LogP contribution in [0.3, 0.4) is 0 Å². The van der Waals surface area contributed by atoms with Crippen LogP contribution < -0.4 is 10.6 Å². The lowest BCUT2D eigenvalue weighted by atomic mass is 10.2. The minimum atomic E-state index is -0.276. The van der Waals surface area contributed by atoms with Crippen LogP contribution in [0.5, 0.6) is 0 Å². The summed E-state index contributed by atoms with van der Waals surface area (Å²) < 4.78 is 1.72. The average Bonchev–Trinajstić information content (AvgIpc) is 3.16. The van der Waals surface area contributed by atoms with Crippen LogP contribution in [0.2, 0.25) is 0 Å². The molecule has 0 aliphatic rings. The van der Waals surface area contributed by atoms with Crippen molar-refractivity contribution in [2.45, 2.75) is 20.4 Å². The molecule has 2 N–H and O–H groups in total. The molecule has 0 saturated carbocycles. The maximum atomic E-state index is 12.1. The largest absolute Gasteiger partial charge is 0.326 e. The van der Waals surface area contributed by atoms with Crippen LogP contribution in [0.4, 0.5) is 11.4 Å². The summed E-state index contributed by atoms with van der Waals surface area (Å²) in [7, 11) is 0. The van der Waals surface area contributed by atoms with Gasteiger partial charge in [0.25, 0.3) is 0 Å². The van der Waals surface area contributed by atoms with E-state index >= 15 is 0 Å². The molecule has 0 unspecified atom stereocenters. The van der Waals surface area contributed by atoms with E-state index in [2.05, 4.69) is 20.9 Å². The van der Waals surface area contributed by atoms with E-state index in [9.17, 15) is 9.59 Å². The highest BCUT2D eigenvalue weighted by atomic mass is 16.2. The lowest BCUT2D eigenvalue weighted by Gasteiger charge is -2.08. The number of carbonyl (C=O) groups excluding carboxylic acids is 2. The summed E-state index contributed by atoms with van der Waals surface area (Å²) in [6, 6.07) is 16.9. The van der Waals surface area contributed by atoms with Gasteiger partial charge in [-0.05, 0) is 35.9 Å². The van der Waals surface area contributed by atoms with Crippen LogP contribution in [0.25, 0.3) is 6.08 Å². The highest BCUT2D eigenvalue weighted by Gasteiger charge is 2.07. The van der Waals surface area contributed by atoms with Crippen LogP contribution in [0.15, 0.2) is 66.9 Å². The first-order chi connectivity index (χ1) is 14.0. The van der Waals surface area contributed by atoms with Gasteiger partial charge in [0.05, 0.1) is 12.7 Å². The van der Waals surface area contributed by atoms with Crippen molar-refractivity contribution in [3.63, 3.8) is 0 Å². The Morgan fingerprint density at radius 2 is 1.66 bits per heavy atom. The van der Waals surface area contributed by atoms with Gasteiger partial charge in [0.2, 0.25) is 11.8 Å². The molecule has 0 aliphatic carbocycles. The van der Waals surface area contributed by atoms with Crippen LogP contribution >= 0.6 is 0 Å². The van der Waals surface area contributed by atoms with Gasteiger partial charge >= 0.3 is 0 Å². The summed E-state index contributed by atoms with van der Waals surface area (Å²) in [5, 5.41) is 13.7. The Labute approximate surface area is 169 Å². The normalized spacial score (nSPS) is 11.0. The Bertz CT molecular complexity index is 992. The monoisotopic (exact) mass is 389 g/mol. The minimum absolute atomic E-state index is 0.0509. The van der Waals surface area contributed by atoms with Gasteiger partial charge in [0, 0.05) is 23.4 Å². The van der Waals surface area contributed by atoms with E-state index in [0.29, 0.717) is 23.6 Å². The van der Waals surface area contributed by atoms with Crippen molar-refractivity contribution in [3.05, 3.63) is 78.1 Å². The molecule has 7 heteroatoms. The number of anilines is 2. The predicted octanol–water partition coefficient (Wildman–Crippen LogP) is 3.57. The van der Waals surface area contributed by atoms with Gasteiger partial charge in [-0.25, -0.2) is 4.68 Å². The zero-order valence-corrected chi connectivity index (χ0v) is 16.4. The van der Waals surface area contributed by atoms with Crippen molar-refractivity contribution in [1.29, 1.82) is 0 Å². The Morgan fingerprint density at radius 3 is 2.31 bits per heavy atom. The molecule has 0 atom stereocenters. The van der Waals surface area contributed by atoms with E-state index in [0.717, 1.165) is 5.56 Å². The summed E-state index contributed by atoms with van der Waals surface area (Å²) in [6.45, 7) is 4.28. The second-order valence-electron chi connectivity index (χ2n) is 6.87. The van der Waals surface area contributed by atoms with Crippen molar-refractivity contribution >= 4 is 29.3 Å². The van der Waals surface area contributed by atoms with Crippen LogP contribution in [0.1, 0.15) is 25.1 Å². The molecule has 1 aromatic heterocycles. The topological polar surface area (TPSA) is 88.9 Å². The molecule has 148 valence electrons. The second kappa shape index (κ2) is 9.45. The van der Waals surface area contributed by atoms with Gasteiger partial charge in [-0.1, -0.05) is 49.4 Å². The molecule has 1 heterocycles. The number of benzene rings is 2. The second-order valence-corrected chi connectivity index (χ2v) is 6.87. The maximum absolute atomic E-state index is 12.1. The Hall–Kier alpha value is -3.74. The molecule has 2 amide bonds. The van der Waals surface area contributed by atoms with E-state index in [1.165, 1.54) is 6.08 Å². The number of rotatable bonds is 7. The number of hydrogen-bond acceptors (Lipinski definition) is 4. The third-order valence-corrected chi connectivity index (χ3v) is 4.09. The van der Waals surface area contributed by atoms with E-state index in [4.69, 9.17) is 0 Å². The molecule has 2 aromatic carbocycles. The van der Waals surface area contributed by atoms with Crippen LogP contribution in [-0.2, 0) is 16.1 Å². The first-order valence-corrected chi connectivity index (χ1v) is 9.33. The van der Waals surface area contributed by atoms with Crippen molar-refractivity contribution in [3.8, 4) is 0 Å². The summed E-state index contributed by atoms with van der Waals surface area (Å²) in [5.41, 5.74) is 3.05. The Morgan fingerprint density at radius 1 is 1.00 bits per heavy atom. The molecule has 0 saturated heterocycles. The predicted molar refractivity (Wildman–Crippen MR) is 113 cm³/mol. The number of aromatic nitrogens is 3. The summed E-state index contributed by atoms with van der Waals surface area (Å²) in [5.74, 6) is -0.420. The number of hydrogen-bond donors (Lipinski definition) is 2. The Balaban J connectivity index is 1.53. The van der Waals surface area contributed by atoms with E-state index in [1.54, 1.807) is 41.2 Å². The molecule has 3 aromatic rings.